The number of piperidine rings is 1. The maximum atomic E-state index is 12.8. The number of carbonyl (C=O) groups excluding carboxylic acids is 1. The van der Waals surface area contributed by atoms with E-state index in [2.05, 4.69) is 20.2 Å². The van der Waals surface area contributed by atoms with E-state index in [9.17, 15) is 9.59 Å². The highest BCUT2D eigenvalue weighted by Crippen LogP contribution is 2.27. The summed E-state index contributed by atoms with van der Waals surface area (Å²) in [6, 6.07) is 13.0. The predicted molar refractivity (Wildman–Crippen MR) is 106 cm³/mol. The lowest BCUT2D eigenvalue weighted by Crippen LogP contribution is -2.38. The number of aryl methyl sites for hydroxylation is 1. The Morgan fingerprint density at radius 3 is 2.64 bits per heavy atom. The van der Waals surface area contributed by atoms with Crippen molar-refractivity contribution in [1.29, 1.82) is 0 Å². The van der Waals surface area contributed by atoms with Crippen molar-refractivity contribution >= 4 is 5.91 Å². The number of pyridine rings is 1. The van der Waals surface area contributed by atoms with E-state index in [-0.39, 0.29) is 17.4 Å². The third kappa shape index (κ3) is 3.74. The number of hydrogen-bond donors (Lipinski definition) is 2. The number of benzene rings is 1. The minimum absolute atomic E-state index is 0.0817. The second kappa shape index (κ2) is 7.80. The average Bonchev–Trinajstić information content (AvgIpc) is 3.24. The molecule has 2 N–H and O–H groups in total. The minimum atomic E-state index is -0.229. The van der Waals surface area contributed by atoms with Gasteiger partial charge in [0.2, 0.25) is 5.56 Å². The van der Waals surface area contributed by atoms with Crippen molar-refractivity contribution in [3.05, 3.63) is 69.9 Å². The maximum absolute atomic E-state index is 12.8. The van der Waals surface area contributed by atoms with Gasteiger partial charge in [0.15, 0.2) is 5.82 Å². The fraction of sp³-hybridized carbons (Fsp3) is 0.333. The summed E-state index contributed by atoms with van der Waals surface area (Å²) < 4.78 is 0. The van der Waals surface area contributed by atoms with Crippen LogP contribution in [0.4, 0.5) is 0 Å². The van der Waals surface area contributed by atoms with Gasteiger partial charge in [-0.1, -0.05) is 37.3 Å². The Hall–Kier alpha value is -3.22. The van der Waals surface area contributed by atoms with Crippen LogP contribution < -0.4 is 5.56 Å². The molecule has 0 radical (unpaired) electrons. The highest BCUT2D eigenvalue weighted by Gasteiger charge is 2.27. The van der Waals surface area contributed by atoms with Gasteiger partial charge in [0.1, 0.15) is 5.82 Å². The van der Waals surface area contributed by atoms with Gasteiger partial charge in [0.05, 0.1) is 0 Å². The van der Waals surface area contributed by atoms with Crippen LogP contribution in [0.5, 0.6) is 0 Å². The van der Waals surface area contributed by atoms with Crippen LogP contribution in [-0.2, 0) is 6.42 Å². The van der Waals surface area contributed by atoms with Crippen LogP contribution in [0.25, 0.3) is 11.4 Å². The molecule has 1 saturated heterocycles. The molecule has 3 aromatic rings. The summed E-state index contributed by atoms with van der Waals surface area (Å²) in [5.41, 5.74) is 2.00. The normalized spacial score (nSPS) is 15.0. The lowest BCUT2D eigenvalue weighted by Gasteiger charge is -2.31. The van der Waals surface area contributed by atoms with Gasteiger partial charge >= 0.3 is 0 Å². The third-order valence-electron chi connectivity index (χ3n) is 5.23. The van der Waals surface area contributed by atoms with Crippen molar-refractivity contribution in [2.24, 2.45) is 0 Å². The molecule has 3 heterocycles. The number of aromatic amines is 2. The Morgan fingerprint density at radius 1 is 1.18 bits per heavy atom. The molecular weight excluding hydrogens is 354 g/mol. The number of carbonyl (C=O) groups is 1. The van der Waals surface area contributed by atoms with Crippen molar-refractivity contribution in [3.63, 3.8) is 0 Å². The molecule has 1 aliphatic heterocycles. The summed E-state index contributed by atoms with van der Waals surface area (Å²) in [5, 5.41) is 7.40. The number of H-pyrrole nitrogens is 2. The molecule has 0 spiro atoms. The first-order valence-corrected chi connectivity index (χ1v) is 9.64. The number of aromatic nitrogens is 4. The molecule has 28 heavy (non-hydrogen) atoms. The van der Waals surface area contributed by atoms with E-state index in [0.717, 1.165) is 29.9 Å². The monoisotopic (exact) mass is 377 g/mol. The summed E-state index contributed by atoms with van der Waals surface area (Å²) >= 11 is 0. The summed E-state index contributed by atoms with van der Waals surface area (Å²) in [6.07, 6.45) is 2.33. The van der Waals surface area contributed by atoms with E-state index < -0.39 is 0 Å². The predicted octanol–water partition coefficient (Wildman–Crippen LogP) is 2.74. The third-order valence-corrected chi connectivity index (χ3v) is 5.23. The number of amides is 1. The molecule has 0 saturated carbocycles. The average molecular weight is 377 g/mol. The van der Waals surface area contributed by atoms with Crippen molar-refractivity contribution in [2.75, 3.05) is 13.1 Å². The summed E-state index contributed by atoms with van der Waals surface area (Å²) in [4.78, 5) is 33.8. The highest BCUT2D eigenvalue weighted by atomic mass is 16.2. The zero-order chi connectivity index (χ0) is 19.5. The second-order valence-electron chi connectivity index (χ2n) is 7.09. The van der Waals surface area contributed by atoms with Gasteiger partial charge in [-0.3, -0.25) is 14.7 Å². The summed E-state index contributed by atoms with van der Waals surface area (Å²) in [5.74, 6) is 1.74. The molecule has 7 nitrogen and oxygen atoms in total. The van der Waals surface area contributed by atoms with Gasteiger partial charge in [0.25, 0.3) is 5.91 Å². The SMILES string of the molecule is CCc1cc(C(=O)N2CCC(c3nc(-c4ccccc4)n[nH]3)CC2)cc(=O)[nH]1. The topological polar surface area (TPSA) is 94.7 Å². The number of likely N-dealkylation sites (tertiary alicyclic amines) is 1. The van der Waals surface area contributed by atoms with E-state index in [4.69, 9.17) is 0 Å². The Kier molecular flexibility index (Phi) is 5.06. The molecule has 4 rings (SSSR count). The Labute approximate surface area is 162 Å². The van der Waals surface area contributed by atoms with Crippen LogP contribution >= 0.6 is 0 Å². The lowest BCUT2D eigenvalue weighted by molar-refractivity contribution is 0.0710. The smallest absolute Gasteiger partial charge is 0.254 e. The molecule has 1 aromatic carbocycles. The zero-order valence-corrected chi connectivity index (χ0v) is 15.8. The van der Waals surface area contributed by atoms with E-state index in [1.807, 2.05) is 42.2 Å². The van der Waals surface area contributed by atoms with E-state index in [0.29, 0.717) is 30.9 Å². The van der Waals surface area contributed by atoms with Crippen molar-refractivity contribution in [2.45, 2.75) is 32.1 Å². The largest absolute Gasteiger partial charge is 0.339 e. The first-order valence-electron chi connectivity index (χ1n) is 9.64. The van der Waals surface area contributed by atoms with Crippen LogP contribution in [0.1, 0.15) is 47.6 Å². The summed E-state index contributed by atoms with van der Waals surface area (Å²) in [7, 11) is 0. The van der Waals surface area contributed by atoms with Crippen molar-refractivity contribution < 1.29 is 4.79 Å². The first kappa shape index (κ1) is 18.2. The van der Waals surface area contributed by atoms with Gasteiger partial charge in [-0.25, -0.2) is 4.98 Å². The maximum Gasteiger partial charge on any atom is 0.254 e. The van der Waals surface area contributed by atoms with E-state index in [1.54, 1.807) is 6.07 Å². The van der Waals surface area contributed by atoms with E-state index >= 15 is 0 Å². The van der Waals surface area contributed by atoms with Gasteiger partial charge in [-0.05, 0) is 25.3 Å². The Balaban J connectivity index is 1.42. The van der Waals surface area contributed by atoms with Crippen LogP contribution in [-0.4, -0.2) is 44.1 Å². The van der Waals surface area contributed by atoms with Crippen molar-refractivity contribution in [1.82, 2.24) is 25.1 Å². The number of rotatable bonds is 4. The molecule has 2 aromatic heterocycles. The molecule has 0 aliphatic carbocycles. The lowest BCUT2D eigenvalue weighted by atomic mass is 9.95. The zero-order valence-electron chi connectivity index (χ0n) is 15.8. The number of nitrogens with zero attached hydrogens (tertiary/aromatic N) is 3. The molecule has 0 bridgehead atoms. The van der Waals surface area contributed by atoms with Crippen LogP contribution in [0.2, 0.25) is 0 Å². The molecule has 0 atom stereocenters. The standard InChI is InChI=1S/C21H23N5O2/c1-2-17-12-16(13-18(27)22-17)21(28)26-10-8-15(9-11-26)20-23-19(24-25-20)14-6-4-3-5-7-14/h3-7,12-13,15H,2,8-11H2,1H3,(H,22,27)(H,23,24,25). The van der Waals surface area contributed by atoms with Gasteiger partial charge in [-0.15, -0.1) is 0 Å². The van der Waals surface area contributed by atoms with Crippen LogP contribution in [0.15, 0.2) is 47.3 Å². The molecular formula is C21H23N5O2. The Morgan fingerprint density at radius 2 is 1.93 bits per heavy atom. The highest BCUT2D eigenvalue weighted by molar-refractivity contribution is 5.94. The van der Waals surface area contributed by atoms with Gasteiger partial charge in [0, 0.05) is 41.9 Å². The molecule has 1 amide bonds. The quantitative estimate of drug-likeness (QED) is 0.731. The molecule has 144 valence electrons. The first-order chi connectivity index (χ1) is 13.6. The molecule has 1 aliphatic rings. The molecule has 7 heteroatoms. The fourth-order valence-electron chi connectivity index (χ4n) is 3.63. The second-order valence-corrected chi connectivity index (χ2v) is 7.09. The Bertz CT molecular complexity index is 1020. The van der Waals surface area contributed by atoms with Crippen LogP contribution in [0.3, 0.4) is 0 Å². The fourth-order valence-corrected chi connectivity index (χ4v) is 3.63. The van der Waals surface area contributed by atoms with Gasteiger partial charge in [-0.2, -0.15) is 5.10 Å². The number of nitrogens with one attached hydrogen (secondary N) is 2. The molecule has 0 unspecified atom stereocenters. The number of hydrogen-bond acceptors (Lipinski definition) is 4. The van der Waals surface area contributed by atoms with Crippen LogP contribution in [0, 0.1) is 0 Å². The summed E-state index contributed by atoms with van der Waals surface area (Å²) in [6.45, 7) is 3.23. The van der Waals surface area contributed by atoms with E-state index in [1.165, 1.54) is 6.07 Å². The molecule has 1 fully saturated rings. The minimum Gasteiger partial charge on any atom is -0.339 e. The van der Waals surface area contributed by atoms with Crippen molar-refractivity contribution in [3.8, 4) is 11.4 Å². The van der Waals surface area contributed by atoms with Gasteiger partial charge < -0.3 is 9.88 Å².